The molecule has 0 aliphatic carbocycles. The van der Waals surface area contributed by atoms with E-state index in [1.165, 1.54) is 12.1 Å². The summed E-state index contributed by atoms with van der Waals surface area (Å²) in [5, 5.41) is 0. The topological polar surface area (TPSA) is 43.4 Å². The van der Waals surface area contributed by atoms with E-state index in [0.29, 0.717) is 0 Å². The molecule has 0 heterocycles. The van der Waals surface area contributed by atoms with Crippen molar-refractivity contribution in [3.05, 3.63) is 43.2 Å². The van der Waals surface area contributed by atoms with Gasteiger partial charge in [0.25, 0.3) is 0 Å². The summed E-state index contributed by atoms with van der Waals surface area (Å²) in [6.07, 6.45) is 0.891. The molecule has 0 N–H and O–H groups in total. The van der Waals surface area contributed by atoms with Crippen LogP contribution in [-0.2, 0) is 14.3 Å². The van der Waals surface area contributed by atoms with E-state index >= 15 is 0 Å². The maximum atomic E-state index is 11.1. The number of benzene rings is 1. The molecule has 0 bridgehead atoms. The minimum absolute atomic E-state index is 0. The molecule has 13 heavy (non-hydrogen) atoms. The molecule has 0 spiro atoms. The van der Waals surface area contributed by atoms with Crippen molar-refractivity contribution in [3.63, 3.8) is 0 Å². The fourth-order valence-electron chi connectivity index (χ4n) is 0.732. The molecule has 0 aliphatic heterocycles. The number of hydrogen-bond donors (Lipinski definition) is 0. The van der Waals surface area contributed by atoms with Crippen LogP contribution in [-0.4, -0.2) is 27.3 Å². The summed E-state index contributed by atoms with van der Waals surface area (Å²) in [7, 11) is -3.63. The first kappa shape index (κ1) is 12.3. The van der Waals surface area contributed by atoms with Crippen LogP contribution in [0.3, 0.4) is 0 Å². The molecule has 1 aromatic rings. The van der Waals surface area contributed by atoms with Gasteiger partial charge in [0.05, 0.1) is 6.26 Å². The van der Waals surface area contributed by atoms with Gasteiger partial charge in [-0.1, -0.05) is 24.8 Å². The molecule has 0 fully saturated rings. The molecule has 0 amide bonds. The molecule has 1 aromatic carbocycles. The van der Waals surface area contributed by atoms with E-state index in [4.69, 9.17) is 0 Å². The summed E-state index contributed by atoms with van der Waals surface area (Å²) in [6, 6.07) is 7.89. The second kappa shape index (κ2) is 5.13. The molecule has 5 heteroatoms. The van der Waals surface area contributed by atoms with E-state index in [0.717, 1.165) is 6.26 Å². The normalized spacial score (nSPS) is 9.85. The van der Waals surface area contributed by atoms with Crippen LogP contribution in [0.25, 0.3) is 0 Å². The van der Waals surface area contributed by atoms with Gasteiger partial charge in [-0.2, -0.15) is 8.42 Å². The zero-order valence-electron chi connectivity index (χ0n) is 6.30. The first-order valence-corrected chi connectivity index (χ1v) is 4.67. The van der Waals surface area contributed by atoms with Gasteiger partial charge in [-0.3, -0.25) is 0 Å². The van der Waals surface area contributed by atoms with Gasteiger partial charge in [0, 0.05) is 0 Å². The van der Waals surface area contributed by atoms with Crippen LogP contribution in [0.1, 0.15) is 0 Å². The van der Waals surface area contributed by atoms with Gasteiger partial charge in [-0.15, -0.1) is 0 Å². The van der Waals surface area contributed by atoms with Gasteiger partial charge in [-0.05, 0) is 12.1 Å². The van der Waals surface area contributed by atoms with Gasteiger partial charge in [0.2, 0.25) is 0 Å². The summed E-state index contributed by atoms with van der Waals surface area (Å²) in [6.45, 7) is 3.17. The average Bonchev–Trinajstić information content (AvgIpc) is 2.06. The Morgan fingerprint density at radius 3 is 2.23 bits per heavy atom. The standard InChI is InChI=1S/C8H8O3S.Li.H/c1-2-11-12(9,10)8-6-4-3-5-7-8;;/h2-7H,1H2;;. The van der Waals surface area contributed by atoms with Crippen LogP contribution < -0.4 is 0 Å². The van der Waals surface area contributed by atoms with Crippen molar-refractivity contribution in [2.45, 2.75) is 4.90 Å². The molecule has 66 valence electrons. The van der Waals surface area contributed by atoms with Gasteiger partial charge < -0.3 is 4.18 Å². The average molecular weight is 192 g/mol. The van der Waals surface area contributed by atoms with E-state index in [1.807, 2.05) is 0 Å². The van der Waals surface area contributed by atoms with Crippen LogP contribution in [0.4, 0.5) is 0 Å². The molecular formula is C8H9LiO3S. The molecule has 0 aromatic heterocycles. The molecule has 3 nitrogen and oxygen atoms in total. The number of rotatable bonds is 3. The van der Waals surface area contributed by atoms with Gasteiger partial charge in [-0.25, -0.2) is 0 Å². The van der Waals surface area contributed by atoms with E-state index in [-0.39, 0.29) is 23.8 Å². The second-order valence-electron chi connectivity index (χ2n) is 2.03. The summed E-state index contributed by atoms with van der Waals surface area (Å²) in [4.78, 5) is 0.130. The first-order chi connectivity index (χ1) is 5.67. The Morgan fingerprint density at radius 2 is 1.77 bits per heavy atom. The monoisotopic (exact) mass is 192 g/mol. The Balaban J connectivity index is 0.00000144. The molecule has 0 saturated heterocycles. The van der Waals surface area contributed by atoms with Crippen molar-refractivity contribution in [3.8, 4) is 0 Å². The Kier molecular flexibility index (Phi) is 4.85. The van der Waals surface area contributed by atoms with Gasteiger partial charge in [0.1, 0.15) is 4.90 Å². The fraction of sp³-hybridized carbons (Fsp3) is 0. The van der Waals surface area contributed by atoms with Crippen LogP contribution in [0, 0.1) is 0 Å². The molecule has 0 atom stereocenters. The maximum absolute atomic E-state index is 11.1. The third-order valence-electron chi connectivity index (χ3n) is 1.23. The molecule has 0 unspecified atom stereocenters. The van der Waals surface area contributed by atoms with Crippen LogP contribution >= 0.6 is 0 Å². The Bertz CT molecular complexity index is 358. The van der Waals surface area contributed by atoms with Crippen LogP contribution in [0.2, 0.25) is 0 Å². The predicted octanol–water partition coefficient (Wildman–Crippen LogP) is 0.887. The molecule has 1 rings (SSSR count). The summed E-state index contributed by atoms with van der Waals surface area (Å²) in [5.41, 5.74) is 0. The van der Waals surface area contributed by atoms with Crippen LogP contribution in [0.5, 0.6) is 0 Å². The van der Waals surface area contributed by atoms with Crippen molar-refractivity contribution in [2.75, 3.05) is 0 Å². The molecule has 0 saturated carbocycles. The predicted molar refractivity (Wildman–Crippen MR) is 52.1 cm³/mol. The Hall–Kier alpha value is -0.693. The fourth-order valence-corrected chi connectivity index (χ4v) is 1.51. The van der Waals surface area contributed by atoms with Gasteiger partial charge in [0.15, 0.2) is 0 Å². The van der Waals surface area contributed by atoms with Crippen LogP contribution in [0.15, 0.2) is 48.1 Å². The first-order valence-electron chi connectivity index (χ1n) is 3.26. The number of hydrogen-bond acceptors (Lipinski definition) is 3. The van der Waals surface area contributed by atoms with E-state index < -0.39 is 10.1 Å². The zero-order valence-corrected chi connectivity index (χ0v) is 7.12. The summed E-state index contributed by atoms with van der Waals surface area (Å²) < 4.78 is 26.6. The Labute approximate surface area is 89.7 Å². The minimum atomic E-state index is -3.63. The van der Waals surface area contributed by atoms with Crippen molar-refractivity contribution < 1.29 is 12.6 Å². The molecule has 0 aliphatic rings. The van der Waals surface area contributed by atoms with E-state index in [9.17, 15) is 8.42 Å². The van der Waals surface area contributed by atoms with E-state index in [2.05, 4.69) is 10.8 Å². The van der Waals surface area contributed by atoms with E-state index in [1.54, 1.807) is 18.2 Å². The zero-order chi connectivity index (χ0) is 9.03. The van der Waals surface area contributed by atoms with Crippen molar-refractivity contribution in [1.29, 1.82) is 0 Å². The molecular weight excluding hydrogens is 183 g/mol. The second-order valence-corrected chi connectivity index (χ2v) is 3.60. The van der Waals surface area contributed by atoms with Crippen molar-refractivity contribution in [2.24, 2.45) is 0 Å². The van der Waals surface area contributed by atoms with Crippen molar-refractivity contribution in [1.82, 2.24) is 0 Å². The quantitative estimate of drug-likeness (QED) is 0.405. The summed E-state index contributed by atoms with van der Waals surface area (Å²) in [5.74, 6) is 0. The van der Waals surface area contributed by atoms with Gasteiger partial charge >= 0.3 is 29.0 Å². The summed E-state index contributed by atoms with van der Waals surface area (Å²) >= 11 is 0. The third kappa shape index (κ3) is 3.27. The third-order valence-corrected chi connectivity index (χ3v) is 2.47. The Morgan fingerprint density at radius 1 is 1.23 bits per heavy atom. The molecule has 0 radical (unpaired) electrons. The van der Waals surface area contributed by atoms with Crippen molar-refractivity contribution >= 4 is 29.0 Å². The SMILES string of the molecule is C=COS(=O)(=O)c1ccccc1.[LiH].